The zero-order chi connectivity index (χ0) is 38.0. The van der Waals surface area contributed by atoms with Crippen LogP contribution in [0.3, 0.4) is 0 Å². The summed E-state index contributed by atoms with van der Waals surface area (Å²) in [4.78, 5) is 19.3. The van der Waals surface area contributed by atoms with Crippen LogP contribution < -0.4 is 29.1 Å². The minimum atomic E-state index is -0.313. The summed E-state index contributed by atoms with van der Waals surface area (Å²) in [5.41, 5.74) is 3.72. The van der Waals surface area contributed by atoms with Gasteiger partial charge in [0.25, 0.3) is 5.56 Å². The average molecular weight is 759 g/mol. The molecule has 0 aliphatic rings. The molecule has 2 aromatic heterocycles. The van der Waals surface area contributed by atoms with Crippen molar-refractivity contribution in [1.29, 1.82) is 10.5 Å². The van der Waals surface area contributed by atoms with Crippen LogP contribution in [0, 0.1) is 22.7 Å². The smallest absolute Gasteiger partial charge is 0.266 e. The standard InChI is InChI=1S/C45H50N4O3S2/c1-3-5-7-9-11-13-29-51-39-23-19-37(20-24-39)49(38-21-25-40(26-22-38)52-30-14-12-10-8-6-4-2)36-17-15-34(16-18-36)42-28-27-41(53-42)31-43-44(50)48-45(54-43)35(32-46)33-47/h15-28,31H,3-14,29-30H2,1-2H3,(H,48,50)/b43-31-. The third kappa shape index (κ3) is 11.7. The Hall–Kier alpha value is -5.09. The number of thiazole rings is 1. The van der Waals surface area contributed by atoms with Gasteiger partial charge < -0.3 is 19.4 Å². The van der Waals surface area contributed by atoms with Crippen molar-refractivity contribution in [2.24, 2.45) is 0 Å². The monoisotopic (exact) mass is 758 g/mol. The van der Waals surface area contributed by atoms with Gasteiger partial charge >= 0.3 is 0 Å². The largest absolute Gasteiger partial charge is 0.494 e. The fourth-order valence-corrected chi connectivity index (χ4v) is 8.06. The van der Waals surface area contributed by atoms with Crippen LogP contribution in [-0.2, 0) is 0 Å². The van der Waals surface area contributed by atoms with Crippen LogP contribution in [0.5, 0.6) is 11.5 Å². The number of nitrogens with one attached hydrogen (secondary N) is 1. The van der Waals surface area contributed by atoms with E-state index >= 15 is 0 Å². The molecule has 0 unspecified atom stereocenters. The number of aromatic amines is 1. The number of unbranched alkanes of at least 4 members (excludes halogenated alkanes) is 10. The molecule has 0 radical (unpaired) electrons. The van der Waals surface area contributed by atoms with E-state index in [1.165, 1.54) is 64.2 Å². The molecule has 2 heterocycles. The molecule has 9 heteroatoms. The summed E-state index contributed by atoms with van der Waals surface area (Å²) in [5.74, 6) is 1.75. The lowest BCUT2D eigenvalue weighted by Gasteiger charge is -2.26. The first-order valence-electron chi connectivity index (χ1n) is 19.2. The summed E-state index contributed by atoms with van der Waals surface area (Å²) >= 11 is 2.69. The number of thiophene rings is 1. The van der Waals surface area contributed by atoms with Gasteiger partial charge in [-0.15, -0.1) is 22.7 Å². The second kappa shape index (κ2) is 21.6. The van der Waals surface area contributed by atoms with Gasteiger partial charge in [-0.05, 0) is 97.3 Å². The van der Waals surface area contributed by atoms with Crippen molar-refractivity contribution in [3.63, 3.8) is 0 Å². The lowest BCUT2D eigenvalue weighted by Crippen LogP contribution is -2.19. The summed E-state index contributed by atoms with van der Waals surface area (Å²) in [7, 11) is 0. The Balaban J connectivity index is 1.32. The Morgan fingerprint density at radius 1 is 0.648 bits per heavy atom. The highest BCUT2D eigenvalue weighted by atomic mass is 32.1. The number of nitrogens with zero attached hydrogens (tertiary/aromatic N) is 3. The minimum Gasteiger partial charge on any atom is -0.494 e. The van der Waals surface area contributed by atoms with Gasteiger partial charge in [0, 0.05) is 26.8 Å². The maximum atomic E-state index is 12.5. The van der Waals surface area contributed by atoms with E-state index in [0.29, 0.717) is 4.53 Å². The first-order chi connectivity index (χ1) is 26.5. The van der Waals surface area contributed by atoms with E-state index in [4.69, 9.17) is 9.47 Å². The van der Waals surface area contributed by atoms with Crippen molar-refractivity contribution in [2.75, 3.05) is 18.1 Å². The number of rotatable bonds is 21. The molecule has 0 saturated carbocycles. The number of ether oxygens (including phenoxy) is 2. The molecule has 0 aliphatic heterocycles. The summed E-state index contributed by atoms with van der Waals surface area (Å²) in [5, 5.41) is 18.4. The van der Waals surface area contributed by atoms with Gasteiger partial charge in [-0.25, -0.2) is 0 Å². The number of aromatic nitrogens is 1. The SMILES string of the molecule is CCCCCCCCOc1ccc(N(c2ccc(OCCCCCCCC)cc2)c2ccc(-c3ccc(/C=c4\sc(=C(C#N)C#N)[nH]c4=O)s3)cc2)cc1. The van der Waals surface area contributed by atoms with Crippen molar-refractivity contribution in [3.8, 4) is 34.1 Å². The van der Waals surface area contributed by atoms with Crippen LogP contribution in [-0.4, -0.2) is 18.2 Å². The number of anilines is 3. The molecule has 5 aromatic rings. The van der Waals surface area contributed by atoms with Crippen LogP contribution in [0.15, 0.2) is 89.7 Å². The zero-order valence-electron chi connectivity index (χ0n) is 31.4. The molecule has 0 amide bonds. The molecule has 0 saturated heterocycles. The summed E-state index contributed by atoms with van der Waals surface area (Å²) < 4.78 is 12.9. The molecule has 0 spiro atoms. The van der Waals surface area contributed by atoms with E-state index in [2.05, 4.69) is 96.5 Å². The molecule has 0 aliphatic carbocycles. The van der Waals surface area contributed by atoms with Gasteiger partial charge in [-0.3, -0.25) is 4.79 Å². The molecule has 3 aromatic carbocycles. The summed E-state index contributed by atoms with van der Waals surface area (Å²) in [6.07, 6.45) is 16.6. The maximum Gasteiger partial charge on any atom is 0.266 e. The Bertz CT molecular complexity index is 2070. The number of hydrogen-bond acceptors (Lipinski definition) is 8. The van der Waals surface area contributed by atoms with E-state index < -0.39 is 0 Å². The molecule has 0 atom stereocenters. The van der Waals surface area contributed by atoms with Crippen molar-refractivity contribution in [3.05, 3.63) is 109 Å². The van der Waals surface area contributed by atoms with E-state index in [0.717, 1.165) is 81.3 Å². The third-order valence-electron chi connectivity index (χ3n) is 9.15. The van der Waals surface area contributed by atoms with Crippen LogP contribution >= 0.6 is 22.7 Å². The lowest BCUT2D eigenvalue weighted by molar-refractivity contribution is 0.304. The molecular weight excluding hydrogens is 709 g/mol. The van der Waals surface area contributed by atoms with Crippen molar-refractivity contribution < 1.29 is 9.47 Å². The van der Waals surface area contributed by atoms with E-state index in [1.54, 1.807) is 17.4 Å². The van der Waals surface area contributed by atoms with Crippen LogP contribution in [0.2, 0.25) is 0 Å². The highest BCUT2D eigenvalue weighted by molar-refractivity contribution is 7.16. The second-order valence-corrected chi connectivity index (χ2v) is 15.5. The van der Waals surface area contributed by atoms with Gasteiger partial charge in [0.05, 0.1) is 17.7 Å². The predicted molar refractivity (Wildman–Crippen MR) is 225 cm³/mol. The summed E-state index contributed by atoms with van der Waals surface area (Å²) in [6, 6.07) is 32.8. The highest BCUT2D eigenvalue weighted by Crippen LogP contribution is 2.38. The minimum absolute atomic E-state index is 0.0988. The summed E-state index contributed by atoms with van der Waals surface area (Å²) in [6.45, 7) is 5.94. The van der Waals surface area contributed by atoms with Gasteiger partial charge in [0.15, 0.2) is 5.57 Å². The first-order valence-corrected chi connectivity index (χ1v) is 20.9. The fourth-order valence-electron chi connectivity index (χ4n) is 6.15. The quantitative estimate of drug-likeness (QED) is 0.0748. The van der Waals surface area contributed by atoms with Gasteiger partial charge in [0.2, 0.25) is 0 Å². The Morgan fingerprint density at radius 2 is 1.13 bits per heavy atom. The number of nitriles is 2. The van der Waals surface area contributed by atoms with Crippen LogP contribution in [0.1, 0.15) is 95.8 Å². The lowest BCUT2D eigenvalue weighted by atomic mass is 10.1. The van der Waals surface area contributed by atoms with E-state index in [9.17, 15) is 15.3 Å². The van der Waals surface area contributed by atoms with E-state index in [-0.39, 0.29) is 15.8 Å². The second-order valence-electron chi connectivity index (χ2n) is 13.3. The average Bonchev–Trinajstić information content (AvgIpc) is 3.82. The molecule has 280 valence electrons. The Kier molecular flexibility index (Phi) is 16.0. The van der Waals surface area contributed by atoms with Gasteiger partial charge in [-0.2, -0.15) is 10.5 Å². The van der Waals surface area contributed by atoms with Gasteiger partial charge in [0.1, 0.15) is 28.3 Å². The molecule has 54 heavy (non-hydrogen) atoms. The Morgan fingerprint density at radius 3 is 1.63 bits per heavy atom. The Labute approximate surface area is 327 Å². The normalized spacial score (nSPS) is 11.2. The number of benzene rings is 3. The molecule has 7 nitrogen and oxygen atoms in total. The molecule has 5 rings (SSSR count). The van der Waals surface area contributed by atoms with Gasteiger partial charge in [-0.1, -0.05) is 90.2 Å². The van der Waals surface area contributed by atoms with Crippen LogP contribution in [0.25, 0.3) is 22.1 Å². The van der Waals surface area contributed by atoms with E-state index in [1.807, 2.05) is 24.3 Å². The fraction of sp³-hybridized carbons (Fsp3) is 0.356. The van der Waals surface area contributed by atoms with Crippen molar-refractivity contribution in [1.82, 2.24) is 4.98 Å². The number of hydrogen-bond donors (Lipinski definition) is 1. The zero-order valence-corrected chi connectivity index (χ0v) is 33.1. The number of H-pyrrole nitrogens is 1. The van der Waals surface area contributed by atoms with Crippen molar-refractivity contribution in [2.45, 2.75) is 90.9 Å². The first kappa shape index (κ1) is 40.1. The highest BCUT2D eigenvalue weighted by Gasteiger charge is 2.14. The maximum absolute atomic E-state index is 12.5. The predicted octanol–water partition coefficient (Wildman–Crippen LogP) is 11.1. The third-order valence-corrected chi connectivity index (χ3v) is 11.3. The van der Waals surface area contributed by atoms with Crippen molar-refractivity contribution >= 4 is 51.4 Å². The molecule has 0 fully saturated rings. The molecule has 0 bridgehead atoms. The molecule has 1 N–H and O–H groups in total. The molecular formula is C45H50N4O3S2. The van der Waals surface area contributed by atoms with Crippen LogP contribution in [0.4, 0.5) is 17.1 Å². The topological polar surface area (TPSA) is 102 Å².